The molecule has 0 aliphatic carbocycles. The van der Waals surface area contributed by atoms with E-state index in [4.69, 9.17) is 23.2 Å². The molecule has 1 aliphatic heterocycles. The SMILES string of the molecule is CN(Cc1c(Cl)cccc1Cl)C(=O)C1(S(C)(=O)=O)CCNCC1.Cl. The van der Waals surface area contributed by atoms with E-state index in [0.717, 1.165) is 6.26 Å². The molecule has 1 aromatic carbocycles. The summed E-state index contributed by atoms with van der Waals surface area (Å²) in [7, 11) is -1.96. The molecule has 0 spiro atoms. The molecule has 1 amide bonds. The van der Waals surface area contributed by atoms with Crippen molar-refractivity contribution in [3.05, 3.63) is 33.8 Å². The van der Waals surface area contributed by atoms with Gasteiger partial charge in [-0.15, -0.1) is 12.4 Å². The fourth-order valence-corrected chi connectivity index (χ4v) is 4.85. The van der Waals surface area contributed by atoms with Gasteiger partial charge in [-0.1, -0.05) is 29.3 Å². The number of carbonyl (C=O) groups excluding carboxylic acids is 1. The first-order valence-electron chi connectivity index (χ1n) is 7.28. The van der Waals surface area contributed by atoms with Crippen molar-refractivity contribution in [1.82, 2.24) is 10.2 Å². The van der Waals surface area contributed by atoms with E-state index in [1.807, 2.05) is 0 Å². The molecule has 24 heavy (non-hydrogen) atoms. The van der Waals surface area contributed by atoms with Crippen molar-refractivity contribution < 1.29 is 13.2 Å². The molecule has 1 aromatic rings. The highest BCUT2D eigenvalue weighted by atomic mass is 35.5. The van der Waals surface area contributed by atoms with Crippen LogP contribution in [0.25, 0.3) is 0 Å². The fourth-order valence-electron chi connectivity index (χ4n) is 2.91. The van der Waals surface area contributed by atoms with Gasteiger partial charge in [0.15, 0.2) is 14.6 Å². The van der Waals surface area contributed by atoms with Crippen molar-refractivity contribution in [2.75, 3.05) is 26.4 Å². The summed E-state index contributed by atoms with van der Waals surface area (Å²) in [5.74, 6) is -0.405. The zero-order valence-electron chi connectivity index (χ0n) is 13.5. The van der Waals surface area contributed by atoms with Gasteiger partial charge in [-0.05, 0) is 38.1 Å². The zero-order valence-corrected chi connectivity index (χ0v) is 16.7. The maximum absolute atomic E-state index is 12.9. The molecule has 0 atom stereocenters. The van der Waals surface area contributed by atoms with Crippen molar-refractivity contribution in [3.63, 3.8) is 0 Å². The molecule has 0 unspecified atom stereocenters. The number of rotatable bonds is 4. The number of nitrogens with zero attached hydrogens (tertiary/aromatic N) is 1. The first-order valence-corrected chi connectivity index (χ1v) is 9.92. The van der Waals surface area contributed by atoms with Crippen LogP contribution in [-0.4, -0.2) is 50.4 Å². The van der Waals surface area contributed by atoms with Crippen molar-refractivity contribution in [3.8, 4) is 0 Å². The monoisotopic (exact) mass is 414 g/mol. The summed E-state index contributed by atoms with van der Waals surface area (Å²) < 4.78 is 23.3. The number of piperidine rings is 1. The molecule has 136 valence electrons. The summed E-state index contributed by atoms with van der Waals surface area (Å²) in [5, 5.41) is 4.00. The molecule has 0 bridgehead atoms. The van der Waals surface area contributed by atoms with Crippen molar-refractivity contribution in [1.29, 1.82) is 0 Å². The Morgan fingerprint density at radius 2 is 1.75 bits per heavy atom. The number of hydrogen-bond donors (Lipinski definition) is 1. The number of carbonyl (C=O) groups is 1. The van der Waals surface area contributed by atoms with Crippen LogP contribution in [-0.2, 0) is 21.2 Å². The standard InChI is InChI=1S/C15H20Cl2N2O3S.ClH/c1-19(10-11-12(16)4-3-5-13(11)17)14(20)15(23(2,21)22)6-8-18-9-7-15;/h3-5,18H,6-10H2,1-2H3;1H. The van der Waals surface area contributed by atoms with Crippen LogP contribution in [0, 0.1) is 0 Å². The van der Waals surface area contributed by atoms with E-state index in [1.165, 1.54) is 4.90 Å². The van der Waals surface area contributed by atoms with E-state index in [1.54, 1.807) is 25.2 Å². The Bertz CT molecular complexity index is 684. The minimum atomic E-state index is -3.54. The molecule has 1 heterocycles. The lowest BCUT2D eigenvalue weighted by molar-refractivity contribution is -0.134. The van der Waals surface area contributed by atoms with Crippen LogP contribution < -0.4 is 5.32 Å². The molecular formula is C15H21Cl3N2O3S. The van der Waals surface area contributed by atoms with E-state index in [2.05, 4.69) is 5.32 Å². The van der Waals surface area contributed by atoms with Crippen LogP contribution in [0.3, 0.4) is 0 Å². The Morgan fingerprint density at radius 1 is 1.25 bits per heavy atom. The summed E-state index contributed by atoms with van der Waals surface area (Å²) >= 11 is 12.3. The van der Waals surface area contributed by atoms with Crippen LogP contribution in [0.15, 0.2) is 18.2 Å². The number of halogens is 3. The van der Waals surface area contributed by atoms with Crippen molar-refractivity contribution in [2.24, 2.45) is 0 Å². The third-order valence-corrected chi connectivity index (χ3v) is 7.03. The number of nitrogens with one attached hydrogen (secondary N) is 1. The molecule has 0 aromatic heterocycles. The highest BCUT2D eigenvalue weighted by Gasteiger charge is 2.49. The quantitative estimate of drug-likeness (QED) is 0.820. The smallest absolute Gasteiger partial charge is 0.244 e. The van der Waals surface area contributed by atoms with E-state index < -0.39 is 20.5 Å². The van der Waals surface area contributed by atoms with Crippen LogP contribution in [0.5, 0.6) is 0 Å². The molecular weight excluding hydrogens is 395 g/mol. The van der Waals surface area contributed by atoms with Gasteiger partial charge in [0, 0.05) is 35.5 Å². The highest BCUT2D eigenvalue weighted by molar-refractivity contribution is 7.92. The van der Waals surface area contributed by atoms with Gasteiger partial charge < -0.3 is 10.2 Å². The molecule has 5 nitrogen and oxygen atoms in total. The molecule has 1 N–H and O–H groups in total. The Kier molecular flexibility index (Phi) is 7.38. The summed E-state index contributed by atoms with van der Waals surface area (Å²) in [6.45, 7) is 1.17. The maximum Gasteiger partial charge on any atom is 0.244 e. The number of hydrogen-bond acceptors (Lipinski definition) is 4. The number of amides is 1. The molecule has 2 rings (SSSR count). The molecule has 0 radical (unpaired) electrons. The van der Waals surface area contributed by atoms with Gasteiger partial charge in [0.25, 0.3) is 0 Å². The minimum absolute atomic E-state index is 0. The van der Waals surface area contributed by atoms with Crippen LogP contribution in [0.1, 0.15) is 18.4 Å². The summed E-state index contributed by atoms with van der Waals surface area (Å²) in [5.41, 5.74) is 0.615. The van der Waals surface area contributed by atoms with Gasteiger partial charge in [-0.2, -0.15) is 0 Å². The van der Waals surface area contributed by atoms with Gasteiger partial charge in [-0.3, -0.25) is 4.79 Å². The first-order chi connectivity index (χ1) is 10.7. The van der Waals surface area contributed by atoms with E-state index in [0.29, 0.717) is 28.7 Å². The molecule has 1 saturated heterocycles. The molecule has 1 fully saturated rings. The zero-order chi connectivity index (χ0) is 17.3. The van der Waals surface area contributed by atoms with Gasteiger partial charge >= 0.3 is 0 Å². The number of sulfone groups is 1. The van der Waals surface area contributed by atoms with Crippen LogP contribution >= 0.6 is 35.6 Å². The predicted molar refractivity (Wildman–Crippen MR) is 99.9 cm³/mol. The molecule has 9 heteroatoms. The Labute approximate surface area is 159 Å². The third kappa shape index (κ3) is 4.17. The summed E-state index contributed by atoms with van der Waals surface area (Å²) in [6.07, 6.45) is 1.67. The predicted octanol–water partition coefficient (Wildman–Crippen LogP) is 2.54. The van der Waals surface area contributed by atoms with Crippen molar-refractivity contribution >= 4 is 51.4 Å². The van der Waals surface area contributed by atoms with E-state index in [-0.39, 0.29) is 31.8 Å². The van der Waals surface area contributed by atoms with E-state index >= 15 is 0 Å². The lowest BCUT2D eigenvalue weighted by atomic mass is 9.95. The van der Waals surface area contributed by atoms with Gasteiger partial charge in [0.1, 0.15) is 0 Å². The number of benzene rings is 1. The second-order valence-electron chi connectivity index (χ2n) is 5.88. The van der Waals surface area contributed by atoms with Gasteiger partial charge in [-0.25, -0.2) is 8.42 Å². The van der Waals surface area contributed by atoms with Crippen LogP contribution in [0.4, 0.5) is 0 Å². The lowest BCUT2D eigenvalue weighted by Crippen LogP contribution is -2.57. The van der Waals surface area contributed by atoms with Crippen molar-refractivity contribution in [2.45, 2.75) is 24.1 Å². The highest BCUT2D eigenvalue weighted by Crippen LogP contribution is 2.32. The second-order valence-corrected chi connectivity index (χ2v) is 9.02. The molecule has 0 saturated carbocycles. The average Bonchev–Trinajstić information content (AvgIpc) is 2.49. The maximum atomic E-state index is 12.9. The normalized spacial score (nSPS) is 17.0. The Balaban J connectivity index is 0.00000288. The van der Waals surface area contributed by atoms with Gasteiger partial charge in [0.2, 0.25) is 5.91 Å². The third-order valence-electron chi connectivity index (χ3n) is 4.31. The largest absolute Gasteiger partial charge is 0.340 e. The molecule has 1 aliphatic rings. The lowest BCUT2D eigenvalue weighted by Gasteiger charge is -2.37. The Hall–Kier alpha value is -0.530. The average molecular weight is 416 g/mol. The fraction of sp³-hybridized carbons (Fsp3) is 0.533. The summed E-state index contributed by atoms with van der Waals surface area (Å²) in [6, 6.07) is 5.11. The topological polar surface area (TPSA) is 66.5 Å². The van der Waals surface area contributed by atoms with Crippen LogP contribution in [0.2, 0.25) is 10.0 Å². The Morgan fingerprint density at radius 3 is 2.21 bits per heavy atom. The summed E-state index contributed by atoms with van der Waals surface area (Å²) in [4.78, 5) is 14.3. The first kappa shape index (κ1) is 21.5. The minimum Gasteiger partial charge on any atom is -0.340 e. The van der Waals surface area contributed by atoms with Gasteiger partial charge in [0.05, 0.1) is 0 Å². The van der Waals surface area contributed by atoms with E-state index in [9.17, 15) is 13.2 Å². The second kappa shape index (κ2) is 8.23.